The lowest BCUT2D eigenvalue weighted by molar-refractivity contribution is -0.137. The molecule has 1 aromatic heterocycles. The number of thiazole rings is 1. The fraction of sp³-hybridized carbons (Fsp3) is 0.318. The molecule has 0 fully saturated rings. The van der Waals surface area contributed by atoms with Gasteiger partial charge in [0.25, 0.3) is 0 Å². The Kier molecular flexibility index (Phi) is 6.92. The van der Waals surface area contributed by atoms with Crippen LogP contribution in [0.2, 0.25) is 0 Å². The summed E-state index contributed by atoms with van der Waals surface area (Å²) in [5, 5.41) is 4.02. The lowest BCUT2D eigenvalue weighted by Gasteiger charge is -2.07. The lowest BCUT2D eigenvalue weighted by atomic mass is 10.1. The Bertz CT molecular complexity index is 919. The molecule has 0 amide bonds. The van der Waals surface area contributed by atoms with E-state index in [0.717, 1.165) is 47.0 Å². The fourth-order valence-electron chi connectivity index (χ4n) is 2.73. The zero-order valence-corrected chi connectivity index (χ0v) is 17.2. The van der Waals surface area contributed by atoms with Crippen LogP contribution in [0.1, 0.15) is 35.0 Å². The quantitative estimate of drug-likeness (QED) is 0.440. The minimum atomic E-state index is -4.34. The molecule has 0 saturated heterocycles. The van der Waals surface area contributed by atoms with Gasteiger partial charge in [0.1, 0.15) is 17.4 Å². The van der Waals surface area contributed by atoms with E-state index in [0.29, 0.717) is 23.7 Å². The highest BCUT2D eigenvalue weighted by Crippen LogP contribution is 2.33. The minimum Gasteiger partial charge on any atom is -0.488 e. The Morgan fingerprint density at radius 1 is 1.03 bits per heavy atom. The van der Waals surface area contributed by atoms with Gasteiger partial charge < -0.3 is 10.1 Å². The molecule has 0 aliphatic heterocycles. The Hall–Kier alpha value is -2.38. The minimum absolute atomic E-state index is 0.366. The van der Waals surface area contributed by atoms with E-state index in [-0.39, 0.29) is 0 Å². The number of aromatic nitrogens is 1. The third-order valence-electron chi connectivity index (χ3n) is 4.35. The van der Waals surface area contributed by atoms with Crippen LogP contribution in [0.15, 0.2) is 48.5 Å². The molecule has 7 heteroatoms. The summed E-state index contributed by atoms with van der Waals surface area (Å²) < 4.78 is 44.3. The predicted molar refractivity (Wildman–Crippen MR) is 110 cm³/mol. The molecular weight excluding hydrogens is 397 g/mol. The number of benzene rings is 2. The Balaban J connectivity index is 1.80. The molecule has 3 aromatic rings. The highest BCUT2D eigenvalue weighted by molar-refractivity contribution is 7.15. The van der Waals surface area contributed by atoms with Gasteiger partial charge in [0.2, 0.25) is 0 Å². The third-order valence-corrected chi connectivity index (χ3v) is 5.47. The summed E-state index contributed by atoms with van der Waals surface area (Å²) in [5.74, 6) is 0.771. The maximum atomic E-state index is 12.8. The summed E-state index contributed by atoms with van der Waals surface area (Å²) >= 11 is 1.45. The second kappa shape index (κ2) is 9.41. The molecule has 29 heavy (non-hydrogen) atoms. The smallest absolute Gasteiger partial charge is 0.416 e. The first-order valence-electron chi connectivity index (χ1n) is 9.43. The van der Waals surface area contributed by atoms with E-state index in [2.05, 4.69) is 17.2 Å². The van der Waals surface area contributed by atoms with Gasteiger partial charge in [0, 0.05) is 12.1 Å². The van der Waals surface area contributed by atoms with Gasteiger partial charge >= 0.3 is 6.18 Å². The van der Waals surface area contributed by atoms with E-state index in [1.54, 1.807) is 0 Å². The van der Waals surface area contributed by atoms with Crippen molar-refractivity contribution in [3.8, 4) is 16.3 Å². The zero-order chi connectivity index (χ0) is 20.9. The van der Waals surface area contributed by atoms with Crippen molar-refractivity contribution in [2.24, 2.45) is 0 Å². The van der Waals surface area contributed by atoms with E-state index in [1.807, 2.05) is 31.2 Å². The number of hydrogen-bond donors (Lipinski definition) is 1. The maximum Gasteiger partial charge on any atom is 0.416 e. The van der Waals surface area contributed by atoms with Crippen LogP contribution in [0.5, 0.6) is 5.75 Å². The topological polar surface area (TPSA) is 34.2 Å². The molecule has 3 rings (SSSR count). The largest absolute Gasteiger partial charge is 0.488 e. The molecule has 0 spiro atoms. The molecule has 2 aromatic carbocycles. The molecule has 0 aliphatic rings. The van der Waals surface area contributed by atoms with Crippen molar-refractivity contribution >= 4 is 11.3 Å². The van der Waals surface area contributed by atoms with Gasteiger partial charge in [-0.1, -0.05) is 36.8 Å². The molecule has 0 aliphatic carbocycles. The number of rotatable bonds is 8. The molecule has 0 radical (unpaired) electrons. The number of hydrogen-bond acceptors (Lipinski definition) is 4. The molecule has 0 atom stereocenters. The monoisotopic (exact) mass is 420 g/mol. The van der Waals surface area contributed by atoms with Crippen molar-refractivity contribution in [1.82, 2.24) is 10.3 Å². The Morgan fingerprint density at radius 3 is 2.34 bits per heavy atom. The van der Waals surface area contributed by atoms with Crippen LogP contribution in [-0.4, -0.2) is 11.5 Å². The molecule has 0 bridgehead atoms. The van der Waals surface area contributed by atoms with Crippen molar-refractivity contribution in [3.63, 3.8) is 0 Å². The normalized spacial score (nSPS) is 11.6. The maximum absolute atomic E-state index is 12.8. The summed E-state index contributed by atoms with van der Waals surface area (Å²) in [5.41, 5.74) is 2.03. The first-order chi connectivity index (χ1) is 13.9. The first-order valence-corrected chi connectivity index (χ1v) is 10.2. The van der Waals surface area contributed by atoms with Crippen LogP contribution in [0, 0.1) is 6.92 Å². The van der Waals surface area contributed by atoms with Crippen molar-refractivity contribution < 1.29 is 17.9 Å². The molecule has 154 valence electrons. The van der Waals surface area contributed by atoms with Crippen LogP contribution in [0.3, 0.4) is 0 Å². The van der Waals surface area contributed by atoms with Crippen LogP contribution in [0.25, 0.3) is 10.6 Å². The predicted octanol–water partition coefficient (Wildman–Crippen LogP) is 6.22. The Labute approximate surface area is 172 Å². The summed E-state index contributed by atoms with van der Waals surface area (Å²) in [6, 6.07) is 12.9. The van der Waals surface area contributed by atoms with Crippen molar-refractivity contribution in [1.29, 1.82) is 0 Å². The van der Waals surface area contributed by atoms with Gasteiger partial charge in [0.15, 0.2) is 0 Å². The summed E-state index contributed by atoms with van der Waals surface area (Å²) in [6.07, 6.45) is -3.34. The second-order valence-electron chi connectivity index (χ2n) is 6.74. The molecule has 0 saturated carbocycles. The number of aryl methyl sites for hydroxylation is 1. The number of ether oxygens (including phenoxy) is 1. The van der Waals surface area contributed by atoms with Gasteiger partial charge in [-0.15, -0.1) is 11.3 Å². The van der Waals surface area contributed by atoms with E-state index in [1.165, 1.54) is 23.5 Å². The summed E-state index contributed by atoms with van der Waals surface area (Å²) in [4.78, 5) is 5.63. The van der Waals surface area contributed by atoms with Crippen LogP contribution in [-0.2, 0) is 19.3 Å². The molecule has 0 unspecified atom stereocenters. The number of nitrogens with zero attached hydrogens (tertiary/aromatic N) is 1. The van der Waals surface area contributed by atoms with Crippen LogP contribution >= 0.6 is 11.3 Å². The van der Waals surface area contributed by atoms with Crippen LogP contribution in [0.4, 0.5) is 13.2 Å². The second-order valence-corrected chi connectivity index (χ2v) is 7.83. The number of halogens is 3. The average molecular weight is 421 g/mol. The third kappa shape index (κ3) is 5.81. The van der Waals surface area contributed by atoms with Crippen LogP contribution < -0.4 is 10.1 Å². The summed E-state index contributed by atoms with van der Waals surface area (Å²) in [7, 11) is 0. The molecule has 1 N–H and O–H groups in total. The van der Waals surface area contributed by atoms with E-state index in [9.17, 15) is 13.2 Å². The fourth-order valence-corrected chi connectivity index (χ4v) is 3.72. The van der Waals surface area contributed by atoms with Crippen molar-refractivity contribution in [2.75, 3.05) is 6.54 Å². The van der Waals surface area contributed by atoms with Gasteiger partial charge in [-0.25, -0.2) is 4.98 Å². The average Bonchev–Trinajstić information content (AvgIpc) is 3.10. The first kappa shape index (κ1) is 21.3. The van der Waals surface area contributed by atoms with E-state index < -0.39 is 11.7 Å². The lowest BCUT2D eigenvalue weighted by Crippen LogP contribution is -2.15. The highest BCUT2D eigenvalue weighted by atomic mass is 32.1. The van der Waals surface area contributed by atoms with Crippen molar-refractivity contribution in [3.05, 3.63) is 70.2 Å². The Morgan fingerprint density at radius 2 is 1.72 bits per heavy atom. The number of nitrogens with one attached hydrogen (secondary N) is 1. The molecular formula is C22H23F3N2OS. The molecule has 3 nitrogen and oxygen atoms in total. The van der Waals surface area contributed by atoms with E-state index in [4.69, 9.17) is 4.74 Å². The van der Waals surface area contributed by atoms with E-state index >= 15 is 0 Å². The van der Waals surface area contributed by atoms with Crippen molar-refractivity contribution in [2.45, 2.75) is 39.6 Å². The molecule has 1 heterocycles. The zero-order valence-electron chi connectivity index (χ0n) is 16.3. The standard InChI is InChI=1S/C22H23F3N2OS/c1-3-12-26-13-19-20(14-28-18-10-4-15(2)5-11-18)29-21(27-19)16-6-8-17(9-7-16)22(23,24)25/h4-11,26H,3,12-14H2,1-2H3. The number of alkyl halides is 3. The van der Waals surface area contributed by atoms with Gasteiger partial charge in [0.05, 0.1) is 16.1 Å². The summed E-state index contributed by atoms with van der Waals surface area (Å²) in [6.45, 7) is 5.93. The SMILES string of the molecule is CCCNCc1nc(-c2ccc(C(F)(F)F)cc2)sc1COc1ccc(C)cc1. The van der Waals surface area contributed by atoms with Gasteiger partial charge in [-0.05, 0) is 44.2 Å². The van der Waals surface area contributed by atoms with Gasteiger partial charge in [-0.2, -0.15) is 13.2 Å². The highest BCUT2D eigenvalue weighted by Gasteiger charge is 2.30. The van der Waals surface area contributed by atoms with Gasteiger partial charge in [-0.3, -0.25) is 0 Å².